The second-order valence-electron chi connectivity index (χ2n) is 9.20. The van der Waals surface area contributed by atoms with Gasteiger partial charge in [-0.1, -0.05) is 43.3 Å². The predicted molar refractivity (Wildman–Crippen MR) is 145 cm³/mol. The Balaban J connectivity index is 1.75. The molecule has 2 aromatic heterocycles. The van der Waals surface area contributed by atoms with Gasteiger partial charge in [-0.15, -0.1) is 0 Å². The zero-order valence-electron chi connectivity index (χ0n) is 21.2. The van der Waals surface area contributed by atoms with Crippen LogP contribution in [0.4, 0.5) is 0 Å². The number of aromatic nitrogens is 2. The van der Waals surface area contributed by atoms with Crippen LogP contribution < -0.4 is 5.56 Å². The first-order valence-electron chi connectivity index (χ1n) is 12.5. The number of amides is 1. The zero-order chi connectivity index (χ0) is 25.9. The zero-order valence-corrected chi connectivity index (χ0v) is 21.2. The number of carbonyl (C=O) groups is 1. The molecule has 1 amide bonds. The lowest BCUT2D eigenvalue weighted by atomic mass is 10.1. The van der Waals surface area contributed by atoms with E-state index < -0.39 is 6.04 Å². The van der Waals surface area contributed by atoms with E-state index in [1.165, 1.54) is 0 Å². The van der Waals surface area contributed by atoms with Gasteiger partial charge in [0.1, 0.15) is 11.6 Å². The topological polar surface area (TPSA) is 68.3 Å². The Morgan fingerprint density at radius 1 is 0.946 bits per heavy atom. The fourth-order valence-electron chi connectivity index (χ4n) is 4.67. The molecular weight excluding hydrogens is 462 g/mol. The summed E-state index contributed by atoms with van der Waals surface area (Å²) in [6, 6.07) is 25.6. The van der Waals surface area contributed by atoms with Gasteiger partial charge in [-0.3, -0.25) is 14.2 Å². The summed E-state index contributed by atoms with van der Waals surface area (Å²) < 4.78 is 7.30. The van der Waals surface area contributed by atoms with Crippen LogP contribution in [0.1, 0.15) is 52.5 Å². The van der Waals surface area contributed by atoms with Gasteiger partial charge in [0, 0.05) is 5.56 Å². The molecule has 6 heteroatoms. The highest BCUT2D eigenvalue weighted by Gasteiger charge is 2.30. The van der Waals surface area contributed by atoms with E-state index in [1.807, 2.05) is 81.4 Å². The molecule has 0 aliphatic carbocycles. The molecule has 0 aliphatic rings. The maximum Gasteiger partial charge on any atom is 0.266 e. The van der Waals surface area contributed by atoms with Crippen LogP contribution in [-0.2, 0) is 6.54 Å². The lowest BCUT2D eigenvalue weighted by Crippen LogP contribution is -2.38. The first-order valence-corrected chi connectivity index (χ1v) is 12.5. The van der Waals surface area contributed by atoms with Gasteiger partial charge in [-0.2, -0.15) is 0 Å². The number of aryl methyl sites for hydroxylation is 2. The lowest BCUT2D eigenvalue weighted by molar-refractivity contribution is 0.0624. The van der Waals surface area contributed by atoms with Crippen LogP contribution in [-0.4, -0.2) is 20.4 Å². The molecule has 1 unspecified atom stereocenters. The number of furan rings is 1. The van der Waals surface area contributed by atoms with Crippen LogP contribution in [0.25, 0.3) is 16.6 Å². The Hall–Kier alpha value is -4.45. The third-order valence-electron chi connectivity index (χ3n) is 6.80. The third-order valence-corrected chi connectivity index (χ3v) is 6.80. The maximum atomic E-state index is 13.9. The van der Waals surface area contributed by atoms with E-state index >= 15 is 0 Å². The fourth-order valence-corrected chi connectivity index (χ4v) is 4.67. The molecule has 6 nitrogen and oxygen atoms in total. The van der Waals surface area contributed by atoms with Crippen molar-refractivity contribution in [3.05, 3.63) is 130 Å². The van der Waals surface area contributed by atoms with Crippen molar-refractivity contribution in [3.63, 3.8) is 0 Å². The summed E-state index contributed by atoms with van der Waals surface area (Å²) in [5.41, 5.74) is 3.94. The largest absolute Gasteiger partial charge is 0.467 e. The monoisotopic (exact) mass is 491 g/mol. The molecule has 5 rings (SSSR count). The third kappa shape index (κ3) is 4.70. The van der Waals surface area contributed by atoms with Crippen molar-refractivity contribution in [2.75, 3.05) is 0 Å². The Morgan fingerprint density at radius 3 is 2.41 bits per heavy atom. The van der Waals surface area contributed by atoms with Crippen LogP contribution in [0.5, 0.6) is 0 Å². The van der Waals surface area contributed by atoms with Crippen molar-refractivity contribution >= 4 is 16.8 Å². The second-order valence-corrected chi connectivity index (χ2v) is 9.20. The van der Waals surface area contributed by atoms with Crippen LogP contribution in [0.3, 0.4) is 0 Å². The van der Waals surface area contributed by atoms with Crippen molar-refractivity contribution < 1.29 is 9.21 Å². The summed E-state index contributed by atoms with van der Waals surface area (Å²) in [5, 5.41) is 0.534. The van der Waals surface area contributed by atoms with Crippen molar-refractivity contribution in [3.8, 4) is 5.69 Å². The molecule has 0 aliphatic heterocycles. The van der Waals surface area contributed by atoms with Gasteiger partial charge in [-0.05, 0) is 79.9 Å². The van der Waals surface area contributed by atoms with Crippen molar-refractivity contribution in [1.82, 2.24) is 14.5 Å². The highest BCUT2D eigenvalue weighted by Crippen LogP contribution is 2.29. The average molecular weight is 492 g/mol. The van der Waals surface area contributed by atoms with E-state index in [1.54, 1.807) is 40.0 Å². The summed E-state index contributed by atoms with van der Waals surface area (Å²) in [4.78, 5) is 34.6. The lowest BCUT2D eigenvalue weighted by Gasteiger charge is -2.32. The first kappa shape index (κ1) is 24.3. The molecule has 186 valence electrons. The molecule has 0 radical (unpaired) electrons. The summed E-state index contributed by atoms with van der Waals surface area (Å²) in [5.74, 6) is 1.02. The van der Waals surface area contributed by atoms with Crippen molar-refractivity contribution in [1.29, 1.82) is 0 Å². The minimum absolute atomic E-state index is 0.155. The average Bonchev–Trinajstić information content (AvgIpc) is 3.44. The minimum Gasteiger partial charge on any atom is -0.467 e. The number of hydrogen-bond acceptors (Lipinski definition) is 4. The molecule has 37 heavy (non-hydrogen) atoms. The van der Waals surface area contributed by atoms with Crippen molar-refractivity contribution in [2.24, 2.45) is 0 Å². The van der Waals surface area contributed by atoms with Crippen LogP contribution in [0.2, 0.25) is 0 Å². The highest BCUT2D eigenvalue weighted by atomic mass is 16.3. The molecule has 0 spiro atoms. The molecule has 0 fully saturated rings. The van der Waals surface area contributed by atoms with Gasteiger partial charge in [0.25, 0.3) is 11.5 Å². The molecule has 2 heterocycles. The van der Waals surface area contributed by atoms with E-state index in [0.29, 0.717) is 34.5 Å². The Kier molecular flexibility index (Phi) is 6.73. The SMILES string of the molecule is CCC(c1nc2ccccc2c(=O)n1-c1ccc(C)c(C)c1)N(Cc1ccco1)C(=O)c1ccccc1. The van der Waals surface area contributed by atoms with E-state index in [4.69, 9.17) is 9.40 Å². The van der Waals surface area contributed by atoms with Gasteiger partial charge in [-0.25, -0.2) is 4.98 Å². The standard InChI is InChI=1S/C31H29N3O3/c1-4-28(33(20-25-13-10-18-37-25)30(35)23-11-6-5-7-12-23)29-32-27-15-9-8-14-26(27)31(36)34(29)24-17-16-21(2)22(3)19-24/h5-19,28H,4,20H2,1-3H3. The summed E-state index contributed by atoms with van der Waals surface area (Å²) in [6.45, 7) is 6.32. The molecule has 0 bridgehead atoms. The van der Waals surface area contributed by atoms with Gasteiger partial charge in [0.2, 0.25) is 0 Å². The molecule has 1 atom stereocenters. The Bertz CT molecular complexity index is 1600. The Morgan fingerprint density at radius 2 is 1.70 bits per heavy atom. The number of para-hydroxylation sites is 1. The van der Waals surface area contributed by atoms with E-state index in [2.05, 4.69) is 0 Å². The quantitative estimate of drug-likeness (QED) is 0.265. The van der Waals surface area contributed by atoms with E-state index in [0.717, 1.165) is 16.8 Å². The Labute approximate surface area is 215 Å². The minimum atomic E-state index is -0.489. The molecule has 0 saturated heterocycles. The van der Waals surface area contributed by atoms with Crippen LogP contribution >= 0.6 is 0 Å². The van der Waals surface area contributed by atoms with E-state index in [-0.39, 0.29) is 18.0 Å². The summed E-state index contributed by atoms with van der Waals surface area (Å²) >= 11 is 0. The number of fused-ring (bicyclic) bond motifs is 1. The van der Waals surface area contributed by atoms with E-state index in [9.17, 15) is 9.59 Å². The van der Waals surface area contributed by atoms with Gasteiger partial charge in [0.05, 0.1) is 35.4 Å². The fraction of sp³-hybridized carbons (Fsp3) is 0.194. The first-order chi connectivity index (χ1) is 18.0. The normalized spacial score (nSPS) is 12.0. The van der Waals surface area contributed by atoms with Gasteiger partial charge < -0.3 is 9.32 Å². The van der Waals surface area contributed by atoms with Crippen LogP contribution in [0, 0.1) is 13.8 Å². The molecular formula is C31H29N3O3. The van der Waals surface area contributed by atoms with Gasteiger partial charge in [0.15, 0.2) is 0 Å². The molecule has 0 saturated carbocycles. The maximum absolute atomic E-state index is 13.9. The number of hydrogen-bond donors (Lipinski definition) is 0. The molecule has 0 N–H and O–H groups in total. The van der Waals surface area contributed by atoms with Gasteiger partial charge >= 0.3 is 0 Å². The smallest absolute Gasteiger partial charge is 0.266 e. The van der Waals surface area contributed by atoms with Crippen molar-refractivity contribution in [2.45, 2.75) is 39.8 Å². The summed E-state index contributed by atoms with van der Waals surface area (Å²) in [6.07, 6.45) is 2.15. The number of carbonyl (C=O) groups excluding carboxylic acids is 1. The predicted octanol–water partition coefficient (Wildman–Crippen LogP) is 6.39. The second kappa shape index (κ2) is 10.3. The van der Waals surface area contributed by atoms with Crippen LogP contribution in [0.15, 0.2) is 100 Å². The molecule has 5 aromatic rings. The molecule has 3 aromatic carbocycles. The number of benzene rings is 3. The number of nitrogens with zero attached hydrogens (tertiary/aromatic N) is 3. The number of rotatable bonds is 7. The summed E-state index contributed by atoms with van der Waals surface area (Å²) in [7, 11) is 0. The highest BCUT2D eigenvalue weighted by molar-refractivity contribution is 5.94.